The summed E-state index contributed by atoms with van der Waals surface area (Å²) in [5, 5.41) is 21.7. The van der Waals surface area contributed by atoms with Crippen molar-refractivity contribution < 1.29 is 14.2 Å². The fourth-order valence-electron chi connectivity index (χ4n) is 3.67. The number of rotatable bonds is 5. The van der Waals surface area contributed by atoms with Gasteiger partial charge >= 0.3 is 0 Å². The van der Waals surface area contributed by atoms with Crippen molar-refractivity contribution in [3.05, 3.63) is 93.4 Å². The maximum atomic E-state index is 13.4. The molecule has 0 radical (unpaired) electrons. The Hall–Kier alpha value is -4.05. The number of anilines is 2. The molecule has 1 unspecified atom stereocenters. The summed E-state index contributed by atoms with van der Waals surface area (Å²) in [6.45, 7) is 3.46. The Labute approximate surface area is 188 Å². The van der Waals surface area contributed by atoms with E-state index in [0.29, 0.717) is 22.1 Å². The molecule has 3 aromatic rings. The van der Waals surface area contributed by atoms with Crippen LogP contribution in [0.4, 0.5) is 17.2 Å². The van der Waals surface area contributed by atoms with E-state index in [1.165, 1.54) is 6.07 Å². The molecule has 4 rings (SSSR count). The third kappa shape index (κ3) is 3.95. The van der Waals surface area contributed by atoms with Crippen molar-refractivity contribution in [3.8, 4) is 0 Å². The van der Waals surface area contributed by atoms with Crippen LogP contribution in [0.5, 0.6) is 0 Å². The molecule has 2 N–H and O–H groups in total. The number of aromatic nitrogens is 1. The molecule has 32 heavy (non-hydrogen) atoms. The number of nitrogens with zero attached hydrogens (tertiary/aromatic N) is 3. The predicted molar refractivity (Wildman–Crippen MR) is 123 cm³/mol. The Bertz CT molecular complexity index is 1240. The molecule has 0 spiro atoms. The highest BCUT2D eigenvalue weighted by Crippen LogP contribution is 2.37. The van der Waals surface area contributed by atoms with Crippen LogP contribution in [0.1, 0.15) is 24.3 Å². The second-order valence-electron chi connectivity index (χ2n) is 7.15. The van der Waals surface area contributed by atoms with E-state index in [1.807, 2.05) is 30.3 Å². The number of nitro groups is 1. The van der Waals surface area contributed by atoms with E-state index in [0.717, 1.165) is 5.69 Å². The van der Waals surface area contributed by atoms with Crippen LogP contribution in [-0.4, -0.2) is 21.1 Å². The molecular formula is C22H19N5O4S. The minimum atomic E-state index is -0.836. The lowest BCUT2D eigenvalue weighted by Crippen LogP contribution is -2.48. The van der Waals surface area contributed by atoms with Crippen molar-refractivity contribution in [2.24, 2.45) is 0 Å². The van der Waals surface area contributed by atoms with E-state index in [9.17, 15) is 14.9 Å². The molecule has 0 fully saturated rings. The highest BCUT2D eigenvalue weighted by atomic mass is 32.1. The maximum Gasteiger partial charge on any atom is 0.275 e. The van der Waals surface area contributed by atoms with Gasteiger partial charge in [0.05, 0.1) is 22.1 Å². The number of amides is 1. The normalized spacial score (nSPS) is 16.0. The first-order valence-corrected chi connectivity index (χ1v) is 10.1. The van der Waals surface area contributed by atoms with Gasteiger partial charge in [-0.15, -0.1) is 0 Å². The molecule has 1 aromatic heterocycles. The van der Waals surface area contributed by atoms with Crippen molar-refractivity contribution >= 4 is 40.4 Å². The van der Waals surface area contributed by atoms with E-state index < -0.39 is 16.9 Å². The molecule has 162 valence electrons. The molecule has 1 amide bonds. The minimum Gasteiger partial charge on any atom is -0.360 e. The Morgan fingerprint density at radius 3 is 2.53 bits per heavy atom. The Balaban J connectivity index is 1.86. The SMILES string of the molecule is CC1=C(C(=O)Nc2cc(C)on2)C(c2ccccc2[N+](=O)[O-])NC(=S)N1c1ccccc1. The van der Waals surface area contributed by atoms with Gasteiger partial charge in [-0.05, 0) is 44.3 Å². The molecule has 2 aromatic carbocycles. The first-order valence-electron chi connectivity index (χ1n) is 9.71. The number of allylic oxidation sites excluding steroid dienone is 1. The number of carbonyl (C=O) groups excluding carboxylic acids is 1. The van der Waals surface area contributed by atoms with Crippen LogP contribution >= 0.6 is 12.2 Å². The highest BCUT2D eigenvalue weighted by Gasteiger charge is 2.37. The molecule has 0 aliphatic carbocycles. The number of thiocarbonyl (C=S) groups is 1. The smallest absolute Gasteiger partial charge is 0.275 e. The van der Waals surface area contributed by atoms with E-state index in [4.69, 9.17) is 16.7 Å². The molecule has 1 atom stereocenters. The van der Waals surface area contributed by atoms with Gasteiger partial charge in [0.15, 0.2) is 10.9 Å². The van der Waals surface area contributed by atoms with E-state index >= 15 is 0 Å². The van der Waals surface area contributed by atoms with Crippen LogP contribution in [0.25, 0.3) is 0 Å². The molecule has 9 nitrogen and oxygen atoms in total. The first kappa shape index (κ1) is 21.2. The van der Waals surface area contributed by atoms with Gasteiger partial charge in [0.1, 0.15) is 5.76 Å². The van der Waals surface area contributed by atoms with Gasteiger partial charge in [-0.1, -0.05) is 35.5 Å². The molecule has 1 aliphatic heterocycles. The topological polar surface area (TPSA) is 114 Å². The Morgan fingerprint density at radius 1 is 1.19 bits per heavy atom. The fourth-order valence-corrected chi connectivity index (χ4v) is 4.03. The van der Waals surface area contributed by atoms with Gasteiger partial charge in [-0.2, -0.15) is 0 Å². The number of benzene rings is 2. The third-order valence-corrected chi connectivity index (χ3v) is 5.36. The zero-order valence-corrected chi connectivity index (χ0v) is 18.1. The summed E-state index contributed by atoms with van der Waals surface area (Å²) in [5.74, 6) is 0.304. The minimum absolute atomic E-state index is 0.114. The summed E-state index contributed by atoms with van der Waals surface area (Å²) < 4.78 is 5.03. The van der Waals surface area contributed by atoms with Gasteiger partial charge < -0.3 is 15.2 Å². The van der Waals surface area contributed by atoms with Crippen LogP contribution in [-0.2, 0) is 4.79 Å². The second kappa shape index (κ2) is 8.60. The number of nitrogens with one attached hydrogen (secondary N) is 2. The second-order valence-corrected chi connectivity index (χ2v) is 7.53. The van der Waals surface area contributed by atoms with Gasteiger partial charge in [0.25, 0.3) is 11.6 Å². The van der Waals surface area contributed by atoms with Crippen molar-refractivity contribution in [2.75, 3.05) is 10.2 Å². The van der Waals surface area contributed by atoms with Crippen LogP contribution in [0.3, 0.4) is 0 Å². The lowest BCUT2D eigenvalue weighted by Gasteiger charge is -2.37. The standard InChI is InChI=1S/C22H19N5O4S/c1-13-12-18(25-31-13)23-21(28)19-14(2)26(15-8-4-3-5-9-15)22(32)24-20(19)16-10-6-7-11-17(16)27(29)30/h3-12,20H,1-2H3,(H,24,32)(H,23,25,28). The zero-order chi connectivity index (χ0) is 22.8. The summed E-state index contributed by atoms with van der Waals surface area (Å²) in [7, 11) is 0. The molecule has 0 saturated carbocycles. The summed E-state index contributed by atoms with van der Waals surface area (Å²) >= 11 is 5.60. The fraction of sp³-hybridized carbons (Fsp3) is 0.136. The summed E-state index contributed by atoms with van der Waals surface area (Å²) in [6.07, 6.45) is 0. The lowest BCUT2D eigenvalue weighted by molar-refractivity contribution is -0.385. The molecule has 10 heteroatoms. The largest absolute Gasteiger partial charge is 0.360 e. The molecule has 1 aliphatic rings. The van der Waals surface area contributed by atoms with Gasteiger partial charge in [0.2, 0.25) is 0 Å². The number of nitro benzene ring substituents is 1. The first-order chi connectivity index (χ1) is 15.4. The van der Waals surface area contributed by atoms with Gasteiger partial charge in [0, 0.05) is 23.5 Å². The van der Waals surface area contributed by atoms with Crippen molar-refractivity contribution in [1.29, 1.82) is 0 Å². The van der Waals surface area contributed by atoms with Crippen LogP contribution in [0.2, 0.25) is 0 Å². The van der Waals surface area contributed by atoms with E-state index in [-0.39, 0.29) is 17.1 Å². The summed E-state index contributed by atoms with van der Waals surface area (Å²) in [4.78, 5) is 26.3. The highest BCUT2D eigenvalue weighted by molar-refractivity contribution is 7.80. The monoisotopic (exact) mass is 449 g/mol. The number of hydrogen-bond donors (Lipinski definition) is 2. The van der Waals surface area contributed by atoms with Crippen LogP contribution in [0, 0.1) is 17.0 Å². The Morgan fingerprint density at radius 2 is 1.88 bits per heavy atom. The lowest BCUT2D eigenvalue weighted by atomic mass is 9.93. The number of hydrogen-bond acceptors (Lipinski definition) is 6. The molecule has 0 saturated heterocycles. The third-order valence-electron chi connectivity index (χ3n) is 5.06. The predicted octanol–water partition coefficient (Wildman–Crippen LogP) is 4.24. The van der Waals surface area contributed by atoms with Gasteiger partial charge in [-0.3, -0.25) is 19.8 Å². The molecule has 0 bridgehead atoms. The van der Waals surface area contributed by atoms with Crippen LogP contribution in [0.15, 0.2) is 76.5 Å². The van der Waals surface area contributed by atoms with E-state index in [2.05, 4.69) is 15.8 Å². The molecule has 2 heterocycles. The number of aryl methyl sites for hydroxylation is 1. The number of para-hydroxylation sites is 2. The summed E-state index contributed by atoms with van der Waals surface area (Å²) in [5.41, 5.74) is 1.79. The average Bonchev–Trinajstić information content (AvgIpc) is 3.18. The average molecular weight is 449 g/mol. The number of carbonyl (C=O) groups is 1. The Kier molecular flexibility index (Phi) is 5.69. The van der Waals surface area contributed by atoms with Crippen molar-refractivity contribution in [2.45, 2.75) is 19.9 Å². The van der Waals surface area contributed by atoms with Crippen LogP contribution < -0.4 is 15.5 Å². The zero-order valence-electron chi connectivity index (χ0n) is 17.2. The molecular weight excluding hydrogens is 430 g/mol. The van der Waals surface area contributed by atoms with E-state index in [1.54, 1.807) is 43.0 Å². The maximum absolute atomic E-state index is 13.4. The summed E-state index contributed by atoms with van der Waals surface area (Å²) in [6, 6.07) is 16.3. The quantitative estimate of drug-likeness (QED) is 0.338. The van der Waals surface area contributed by atoms with Gasteiger partial charge in [-0.25, -0.2) is 0 Å². The van der Waals surface area contributed by atoms with Crippen molar-refractivity contribution in [3.63, 3.8) is 0 Å². The van der Waals surface area contributed by atoms with Crippen molar-refractivity contribution in [1.82, 2.24) is 10.5 Å².